The summed E-state index contributed by atoms with van der Waals surface area (Å²) < 4.78 is 0. The van der Waals surface area contributed by atoms with Crippen molar-refractivity contribution in [3.05, 3.63) is 77.9 Å². The van der Waals surface area contributed by atoms with Gasteiger partial charge in [-0.2, -0.15) is 0 Å². The number of nitrogens with one attached hydrogen (secondary N) is 1. The Morgan fingerprint density at radius 3 is 2.39 bits per heavy atom. The Morgan fingerprint density at radius 2 is 1.66 bits per heavy atom. The van der Waals surface area contributed by atoms with E-state index in [2.05, 4.69) is 37.4 Å². The first-order valence-corrected chi connectivity index (χ1v) is 14.3. The van der Waals surface area contributed by atoms with Crippen LogP contribution in [0.15, 0.2) is 66.7 Å². The summed E-state index contributed by atoms with van der Waals surface area (Å²) >= 11 is 0. The van der Waals surface area contributed by atoms with Gasteiger partial charge in [0.05, 0.1) is 6.04 Å². The fourth-order valence-corrected chi connectivity index (χ4v) is 9.08. The van der Waals surface area contributed by atoms with Gasteiger partial charge < -0.3 is 15.3 Å². The minimum atomic E-state index is -0.252. The Kier molecular flexibility index (Phi) is 6.16. The van der Waals surface area contributed by atoms with Gasteiger partial charge in [-0.3, -0.25) is 9.59 Å². The molecule has 1 aliphatic heterocycles. The Morgan fingerprint density at radius 1 is 0.947 bits per heavy atom. The van der Waals surface area contributed by atoms with Crippen molar-refractivity contribution >= 4 is 11.8 Å². The first kappa shape index (κ1) is 25.2. The molecule has 6 rings (SSSR count). The van der Waals surface area contributed by atoms with Crippen LogP contribution in [-0.2, 0) is 9.59 Å². The summed E-state index contributed by atoms with van der Waals surface area (Å²) in [7, 11) is 1.97. The quantitative estimate of drug-likeness (QED) is 0.540. The maximum Gasteiger partial charge on any atom is 0.246 e. The lowest BCUT2D eigenvalue weighted by Gasteiger charge is -2.60. The highest BCUT2D eigenvalue weighted by Crippen LogP contribution is 2.65. The van der Waals surface area contributed by atoms with Gasteiger partial charge in [-0.15, -0.1) is 0 Å². The number of phenols is 1. The van der Waals surface area contributed by atoms with Crippen LogP contribution in [0, 0.1) is 34.5 Å². The van der Waals surface area contributed by atoms with Gasteiger partial charge in [0.25, 0.3) is 0 Å². The van der Waals surface area contributed by atoms with Gasteiger partial charge >= 0.3 is 0 Å². The summed E-state index contributed by atoms with van der Waals surface area (Å²) in [5, 5.41) is 13.3. The zero-order chi connectivity index (χ0) is 26.7. The zero-order valence-corrected chi connectivity index (χ0v) is 22.8. The molecule has 2 aromatic carbocycles. The number of benzene rings is 2. The molecule has 5 nitrogen and oxygen atoms in total. The Balaban J connectivity index is 1.25. The van der Waals surface area contributed by atoms with Crippen LogP contribution in [0.4, 0.5) is 0 Å². The summed E-state index contributed by atoms with van der Waals surface area (Å²) in [6, 6.07) is 17.3. The molecule has 3 aliphatic carbocycles. The van der Waals surface area contributed by atoms with Gasteiger partial charge in [-0.05, 0) is 91.0 Å². The Bertz CT molecular complexity index is 1240. The summed E-state index contributed by atoms with van der Waals surface area (Å²) in [6.45, 7) is 4.75. The largest absolute Gasteiger partial charge is 0.508 e. The second kappa shape index (κ2) is 9.29. The number of rotatable bonds is 4. The van der Waals surface area contributed by atoms with Gasteiger partial charge in [0.2, 0.25) is 11.8 Å². The van der Waals surface area contributed by atoms with Crippen LogP contribution < -0.4 is 5.32 Å². The van der Waals surface area contributed by atoms with Crippen molar-refractivity contribution in [1.29, 1.82) is 0 Å². The van der Waals surface area contributed by atoms with Crippen LogP contribution in [-0.4, -0.2) is 34.9 Å². The third kappa shape index (κ3) is 3.88. The van der Waals surface area contributed by atoms with Gasteiger partial charge in [0.15, 0.2) is 0 Å². The first-order chi connectivity index (χ1) is 18.2. The lowest BCUT2D eigenvalue weighted by molar-refractivity contribution is -0.142. The van der Waals surface area contributed by atoms with Crippen molar-refractivity contribution in [1.82, 2.24) is 10.2 Å². The lowest BCUT2D eigenvalue weighted by Crippen LogP contribution is -2.59. The Hall–Kier alpha value is -3.08. The number of hydrogen-bond acceptors (Lipinski definition) is 3. The van der Waals surface area contributed by atoms with Crippen molar-refractivity contribution in [3.63, 3.8) is 0 Å². The number of likely N-dealkylation sites (N-methyl/N-ethyl adjacent to an activating group) is 1. The van der Waals surface area contributed by atoms with Crippen molar-refractivity contribution in [2.75, 3.05) is 7.05 Å². The highest BCUT2D eigenvalue weighted by Gasteiger charge is 2.61. The van der Waals surface area contributed by atoms with E-state index in [1.165, 1.54) is 0 Å². The van der Waals surface area contributed by atoms with Crippen LogP contribution in [0.1, 0.15) is 69.5 Å². The van der Waals surface area contributed by atoms with Crippen molar-refractivity contribution in [3.8, 4) is 5.75 Å². The van der Waals surface area contributed by atoms with E-state index >= 15 is 0 Å². The fourth-order valence-electron chi connectivity index (χ4n) is 9.08. The molecule has 5 heteroatoms. The topological polar surface area (TPSA) is 69.6 Å². The van der Waals surface area contributed by atoms with E-state index in [-0.39, 0.29) is 46.4 Å². The second-order valence-electron chi connectivity index (χ2n) is 12.7. The summed E-state index contributed by atoms with van der Waals surface area (Å²) in [5.41, 5.74) is 2.03. The van der Waals surface area contributed by atoms with E-state index in [4.69, 9.17) is 0 Å². The van der Waals surface area contributed by atoms with Gasteiger partial charge in [0, 0.05) is 24.4 Å². The van der Waals surface area contributed by atoms with E-state index < -0.39 is 0 Å². The summed E-state index contributed by atoms with van der Waals surface area (Å²) in [5.74, 6) is 2.19. The number of hydrogen-bond donors (Lipinski definition) is 2. The number of carbonyl (C=O) groups excluding carboxylic acids is 2. The maximum absolute atomic E-state index is 14.0. The van der Waals surface area contributed by atoms with Crippen molar-refractivity contribution in [2.45, 2.75) is 64.5 Å². The normalized spacial score (nSPS) is 36.7. The van der Waals surface area contributed by atoms with Gasteiger partial charge in [0.1, 0.15) is 5.75 Å². The standard InChI is InChI=1S/C33H40N2O3/c1-32-19-17-26-24(13-16-28-33(26,2)20-18-29(37)35(28)3)25(32)14-15-27(32)31(38)34-30(21-7-5-4-6-8-21)22-9-11-23(36)12-10-22/h4-12,18,20,24-28,30,36H,13-17,19H2,1-3H3,(H,34,38)/t24-,25-,26+,27?,28?,30?,32-,33+/m0/s1. The van der Waals surface area contributed by atoms with Gasteiger partial charge in [-0.1, -0.05) is 62.4 Å². The van der Waals surface area contributed by atoms with E-state index in [1.54, 1.807) is 18.2 Å². The molecule has 2 amide bonds. The molecule has 1 heterocycles. The van der Waals surface area contributed by atoms with E-state index in [9.17, 15) is 14.7 Å². The average Bonchev–Trinajstić information content (AvgIpc) is 3.28. The molecule has 3 unspecified atom stereocenters. The number of phenolic OH excluding ortho intramolecular Hbond substituents is 1. The van der Waals surface area contributed by atoms with E-state index in [0.29, 0.717) is 17.8 Å². The van der Waals surface area contributed by atoms with Crippen LogP contribution in [0.3, 0.4) is 0 Å². The van der Waals surface area contributed by atoms with Crippen LogP contribution in [0.5, 0.6) is 5.75 Å². The van der Waals surface area contributed by atoms with Crippen molar-refractivity contribution < 1.29 is 14.7 Å². The molecule has 4 aliphatic rings. The maximum atomic E-state index is 14.0. The lowest BCUT2D eigenvalue weighted by atomic mass is 9.47. The molecule has 8 atom stereocenters. The third-order valence-electron chi connectivity index (χ3n) is 11.1. The molecule has 2 N–H and O–H groups in total. The predicted octanol–water partition coefficient (Wildman–Crippen LogP) is 5.85. The van der Waals surface area contributed by atoms with Crippen molar-refractivity contribution in [2.24, 2.45) is 34.5 Å². The molecule has 3 saturated carbocycles. The third-order valence-corrected chi connectivity index (χ3v) is 11.1. The number of fused-ring (bicyclic) bond motifs is 5. The Labute approximate surface area is 226 Å². The molecule has 200 valence electrons. The fraction of sp³-hybridized carbons (Fsp3) is 0.515. The molecule has 0 radical (unpaired) electrons. The number of aromatic hydroxyl groups is 1. The highest BCUT2D eigenvalue weighted by molar-refractivity contribution is 5.89. The molecule has 38 heavy (non-hydrogen) atoms. The number of carbonyl (C=O) groups is 2. The average molecular weight is 513 g/mol. The first-order valence-electron chi connectivity index (χ1n) is 14.3. The SMILES string of the molecule is CN1C(=O)C=C[C@@]2(C)C1CC[C@@H]1[C@H]2CC[C@]2(C)C(C(=O)NC(c3ccccc3)c3ccc(O)cc3)CC[C@@H]12. The number of nitrogens with zero attached hydrogens (tertiary/aromatic N) is 1. The molecular formula is C33H40N2O3. The predicted molar refractivity (Wildman–Crippen MR) is 148 cm³/mol. The molecule has 2 aromatic rings. The van der Waals surface area contributed by atoms with E-state index in [1.807, 2.05) is 42.3 Å². The van der Waals surface area contributed by atoms with Crippen LogP contribution in [0.25, 0.3) is 0 Å². The molecule has 0 aromatic heterocycles. The minimum Gasteiger partial charge on any atom is -0.508 e. The summed E-state index contributed by atoms with van der Waals surface area (Å²) in [6.07, 6.45) is 10.4. The summed E-state index contributed by atoms with van der Waals surface area (Å²) in [4.78, 5) is 28.4. The monoisotopic (exact) mass is 512 g/mol. The molecule has 3 fully saturated rings. The van der Waals surface area contributed by atoms with Crippen LogP contribution >= 0.6 is 0 Å². The van der Waals surface area contributed by atoms with Gasteiger partial charge in [-0.25, -0.2) is 0 Å². The molecule has 0 spiro atoms. The van der Waals surface area contributed by atoms with Crippen LogP contribution in [0.2, 0.25) is 0 Å². The molecule has 0 saturated heterocycles. The smallest absolute Gasteiger partial charge is 0.246 e. The second-order valence-corrected chi connectivity index (χ2v) is 12.7. The molecule has 0 bridgehead atoms. The van der Waals surface area contributed by atoms with E-state index in [0.717, 1.165) is 49.7 Å². The molecular weight excluding hydrogens is 472 g/mol. The highest BCUT2D eigenvalue weighted by atomic mass is 16.3. The minimum absolute atomic E-state index is 0.00606. The zero-order valence-electron chi connectivity index (χ0n) is 22.8. The number of amides is 2.